The van der Waals surface area contributed by atoms with Crippen molar-refractivity contribution < 1.29 is 4.74 Å². The maximum atomic E-state index is 6.03. The zero-order chi connectivity index (χ0) is 22.1. The molecule has 6 heteroatoms. The molecule has 2 aromatic heterocycles. The highest BCUT2D eigenvalue weighted by Gasteiger charge is 2.38. The zero-order valence-corrected chi connectivity index (χ0v) is 18.2. The van der Waals surface area contributed by atoms with E-state index in [-0.39, 0.29) is 5.41 Å². The van der Waals surface area contributed by atoms with Crippen LogP contribution in [0.3, 0.4) is 0 Å². The van der Waals surface area contributed by atoms with E-state index >= 15 is 0 Å². The molecular formula is C27H25N5O. The van der Waals surface area contributed by atoms with Crippen molar-refractivity contribution in [2.75, 3.05) is 13.1 Å². The summed E-state index contributed by atoms with van der Waals surface area (Å²) in [6, 6.07) is 24.7. The lowest BCUT2D eigenvalue weighted by molar-refractivity contribution is 0.348. The Hall–Kier alpha value is -3.90. The van der Waals surface area contributed by atoms with E-state index in [1.807, 2.05) is 60.9 Å². The number of fused-ring (bicyclic) bond motifs is 1. The number of nitrogens with one attached hydrogen (secondary N) is 3. The van der Waals surface area contributed by atoms with Crippen LogP contribution in [0.2, 0.25) is 0 Å². The van der Waals surface area contributed by atoms with E-state index < -0.39 is 0 Å². The van der Waals surface area contributed by atoms with Gasteiger partial charge in [0.15, 0.2) is 0 Å². The second-order valence-electron chi connectivity index (χ2n) is 8.58. The predicted molar refractivity (Wildman–Crippen MR) is 130 cm³/mol. The summed E-state index contributed by atoms with van der Waals surface area (Å²) in [4.78, 5) is 8.69. The number of benzene rings is 3. The average Bonchev–Trinajstić information content (AvgIpc) is 3.56. The van der Waals surface area contributed by atoms with E-state index in [4.69, 9.17) is 9.72 Å². The van der Waals surface area contributed by atoms with Crippen molar-refractivity contribution in [3.8, 4) is 22.6 Å². The summed E-state index contributed by atoms with van der Waals surface area (Å²) in [7, 11) is 0. The van der Waals surface area contributed by atoms with E-state index in [1.165, 1.54) is 5.56 Å². The van der Waals surface area contributed by atoms with Crippen LogP contribution in [0, 0.1) is 0 Å². The van der Waals surface area contributed by atoms with Gasteiger partial charge in [-0.3, -0.25) is 5.10 Å². The number of H-pyrrole nitrogens is 2. The fraction of sp³-hybridized carbons (Fsp3) is 0.185. The lowest BCUT2D eigenvalue weighted by atomic mass is 9.72. The summed E-state index contributed by atoms with van der Waals surface area (Å²) in [6.45, 7) is 1.92. The minimum atomic E-state index is -0.153. The van der Waals surface area contributed by atoms with Crippen LogP contribution in [0.5, 0.6) is 11.5 Å². The topological polar surface area (TPSA) is 78.6 Å². The molecule has 0 bridgehead atoms. The fourth-order valence-electron chi connectivity index (χ4n) is 4.81. The van der Waals surface area contributed by atoms with E-state index in [9.17, 15) is 0 Å². The van der Waals surface area contributed by atoms with Gasteiger partial charge >= 0.3 is 0 Å². The summed E-state index contributed by atoms with van der Waals surface area (Å²) in [5.41, 5.74) is 5.33. The minimum Gasteiger partial charge on any atom is -0.457 e. The minimum absolute atomic E-state index is 0.153. The molecule has 6 rings (SSSR count). The molecule has 1 saturated heterocycles. The van der Waals surface area contributed by atoms with Gasteiger partial charge in [-0.25, -0.2) is 4.98 Å². The zero-order valence-electron chi connectivity index (χ0n) is 18.2. The Labute approximate surface area is 192 Å². The summed E-state index contributed by atoms with van der Waals surface area (Å²) in [6.07, 6.45) is 5.75. The smallest absolute Gasteiger partial charge is 0.129 e. The number of nitrogens with zero attached hydrogens (tertiary/aromatic N) is 2. The van der Waals surface area contributed by atoms with Crippen LogP contribution >= 0.6 is 0 Å². The molecule has 6 nitrogen and oxygen atoms in total. The number of hydrogen-bond acceptors (Lipinski definition) is 4. The van der Waals surface area contributed by atoms with Crippen molar-refractivity contribution in [3.63, 3.8) is 0 Å². The molecule has 0 saturated carbocycles. The van der Waals surface area contributed by atoms with Crippen LogP contribution in [0.25, 0.3) is 22.2 Å². The van der Waals surface area contributed by atoms with Crippen molar-refractivity contribution in [1.29, 1.82) is 0 Å². The van der Waals surface area contributed by atoms with Crippen LogP contribution in [-0.2, 0) is 5.41 Å². The highest BCUT2D eigenvalue weighted by Crippen LogP contribution is 2.40. The Balaban J connectivity index is 1.37. The molecule has 0 unspecified atom stereocenters. The van der Waals surface area contributed by atoms with E-state index in [0.717, 1.165) is 65.4 Å². The molecule has 33 heavy (non-hydrogen) atoms. The molecule has 3 N–H and O–H groups in total. The van der Waals surface area contributed by atoms with Crippen LogP contribution in [0.4, 0.5) is 0 Å². The molecule has 164 valence electrons. The molecule has 0 amide bonds. The lowest BCUT2D eigenvalue weighted by Crippen LogP contribution is -2.41. The van der Waals surface area contributed by atoms with Crippen molar-refractivity contribution in [3.05, 3.63) is 96.6 Å². The number of rotatable bonds is 5. The number of aromatic nitrogens is 4. The second-order valence-corrected chi connectivity index (χ2v) is 8.58. The predicted octanol–water partition coefficient (Wildman–Crippen LogP) is 5.41. The molecule has 1 aliphatic rings. The Morgan fingerprint density at radius 2 is 1.64 bits per heavy atom. The number of hydrogen-bond donors (Lipinski definition) is 3. The number of piperidine rings is 1. The first kappa shape index (κ1) is 19.8. The summed E-state index contributed by atoms with van der Waals surface area (Å²) in [5, 5.41) is 10.5. The number of imidazole rings is 1. The van der Waals surface area contributed by atoms with Gasteiger partial charge < -0.3 is 15.0 Å². The molecule has 1 fully saturated rings. The van der Waals surface area contributed by atoms with E-state index in [0.29, 0.717) is 0 Å². The van der Waals surface area contributed by atoms with Crippen molar-refractivity contribution >= 4 is 11.0 Å². The monoisotopic (exact) mass is 435 g/mol. The summed E-state index contributed by atoms with van der Waals surface area (Å²) >= 11 is 0. The third kappa shape index (κ3) is 3.68. The van der Waals surface area contributed by atoms with Crippen LogP contribution in [0.15, 0.2) is 85.2 Å². The van der Waals surface area contributed by atoms with E-state index in [1.54, 1.807) is 0 Å². The molecule has 0 aliphatic carbocycles. The molecule has 1 aliphatic heterocycles. The standard InChI is InChI=1S/C27H25N5O/c1-2-4-22(5-3-1)33-23-10-11-24-25(16-23)32-26(31-24)27(12-14-28-15-13-27)21-8-6-19(7-9-21)20-17-29-30-18-20/h1-11,16-18,28H,12-15H2,(H,29,30)(H,31,32). The van der Waals surface area contributed by atoms with Gasteiger partial charge in [-0.15, -0.1) is 0 Å². The van der Waals surface area contributed by atoms with Gasteiger partial charge in [-0.1, -0.05) is 42.5 Å². The van der Waals surface area contributed by atoms with Crippen LogP contribution < -0.4 is 10.1 Å². The molecule has 3 heterocycles. The first-order valence-electron chi connectivity index (χ1n) is 11.3. The maximum Gasteiger partial charge on any atom is 0.129 e. The van der Waals surface area contributed by atoms with Crippen LogP contribution in [-0.4, -0.2) is 33.3 Å². The molecule has 0 atom stereocenters. The number of ether oxygens (including phenoxy) is 1. The highest BCUT2D eigenvalue weighted by atomic mass is 16.5. The maximum absolute atomic E-state index is 6.03. The third-order valence-electron chi connectivity index (χ3n) is 6.61. The van der Waals surface area contributed by atoms with Gasteiger partial charge in [0.25, 0.3) is 0 Å². The summed E-state index contributed by atoms with van der Waals surface area (Å²) in [5.74, 6) is 2.64. The quantitative estimate of drug-likeness (QED) is 0.345. The first-order chi connectivity index (χ1) is 16.3. The fourth-order valence-corrected chi connectivity index (χ4v) is 4.81. The third-order valence-corrected chi connectivity index (χ3v) is 6.61. The van der Waals surface area contributed by atoms with Gasteiger partial charge in [-0.05, 0) is 61.3 Å². The van der Waals surface area contributed by atoms with Crippen molar-refractivity contribution in [2.24, 2.45) is 0 Å². The normalized spacial score (nSPS) is 15.5. The Bertz CT molecular complexity index is 1350. The molecule has 5 aromatic rings. The lowest BCUT2D eigenvalue weighted by Gasteiger charge is -2.36. The summed E-state index contributed by atoms with van der Waals surface area (Å²) < 4.78 is 6.03. The Morgan fingerprint density at radius 1 is 0.818 bits per heavy atom. The van der Waals surface area contributed by atoms with E-state index in [2.05, 4.69) is 44.8 Å². The number of aromatic amines is 2. The average molecular weight is 436 g/mol. The largest absolute Gasteiger partial charge is 0.457 e. The highest BCUT2D eigenvalue weighted by molar-refractivity contribution is 5.77. The Morgan fingerprint density at radius 3 is 2.39 bits per heavy atom. The second kappa shape index (κ2) is 8.22. The van der Waals surface area contributed by atoms with Crippen LogP contribution in [0.1, 0.15) is 24.2 Å². The molecular weight excluding hydrogens is 410 g/mol. The van der Waals surface area contributed by atoms with Crippen molar-refractivity contribution in [2.45, 2.75) is 18.3 Å². The van der Waals surface area contributed by atoms with Gasteiger partial charge in [-0.2, -0.15) is 5.10 Å². The SMILES string of the molecule is c1ccc(Oc2ccc3nc(C4(c5ccc(-c6cn[nH]c6)cc5)CCNCC4)[nH]c3c2)cc1. The van der Waals surface area contributed by atoms with Gasteiger partial charge in [0.05, 0.1) is 22.6 Å². The van der Waals surface area contributed by atoms with Gasteiger partial charge in [0, 0.05) is 17.8 Å². The van der Waals surface area contributed by atoms with Gasteiger partial charge in [0.1, 0.15) is 17.3 Å². The molecule has 0 spiro atoms. The number of para-hydroxylation sites is 1. The van der Waals surface area contributed by atoms with Crippen molar-refractivity contribution in [1.82, 2.24) is 25.5 Å². The molecule has 3 aromatic carbocycles. The Kier molecular flexibility index (Phi) is 4.92. The molecule has 0 radical (unpaired) electrons. The first-order valence-corrected chi connectivity index (χ1v) is 11.3. The van der Waals surface area contributed by atoms with Gasteiger partial charge in [0.2, 0.25) is 0 Å².